The van der Waals surface area contributed by atoms with Crippen LogP contribution < -0.4 is 10.6 Å². The number of carbonyl (C=O) groups excluding carboxylic acids is 1. The van der Waals surface area contributed by atoms with Crippen molar-refractivity contribution in [2.75, 3.05) is 19.6 Å². The van der Waals surface area contributed by atoms with E-state index >= 15 is 0 Å². The van der Waals surface area contributed by atoms with Crippen LogP contribution in [0.4, 0.5) is 4.79 Å². The predicted molar refractivity (Wildman–Crippen MR) is 92.1 cm³/mol. The predicted octanol–water partition coefficient (Wildman–Crippen LogP) is 3.52. The Labute approximate surface area is 136 Å². The van der Waals surface area contributed by atoms with Gasteiger partial charge < -0.3 is 10.6 Å². The molecule has 4 nitrogen and oxygen atoms in total. The van der Waals surface area contributed by atoms with Crippen LogP contribution in [0.3, 0.4) is 0 Å². The average Bonchev–Trinajstić information content (AvgIpc) is 2.53. The Morgan fingerprint density at radius 1 is 1.05 bits per heavy atom. The van der Waals surface area contributed by atoms with Crippen molar-refractivity contribution in [3.8, 4) is 0 Å². The lowest BCUT2D eigenvalue weighted by atomic mass is 9.96. The van der Waals surface area contributed by atoms with Crippen LogP contribution in [-0.2, 0) is 0 Å². The smallest absolute Gasteiger partial charge is 0.315 e. The molecule has 0 aromatic carbocycles. The zero-order chi connectivity index (χ0) is 15.8. The van der Waals surface area contributed by atoms with Gasteiger partial charge in [-0.05, 0) is 51.1 Å². The number of likely N-dealkylation sites (tertiary alicyclic amines) is 1. The van der Waals surface area contributed by atoms with Gasteiger partial charge in [-0.2, -0.15) is 0 Å². The van der Waals surface area contributed by atoms with Gasteiger partial charge in [-0.15, -0.1) is 0 Å². The van der Waals surface area contributed by atoms with Crippen molar-refractivity contribution < 1.29 is 4.79 Å². The summed E-state index contributed by atoms with van der Waals surface area (Å²) < 4.78 is 0. The van der Waals surface area contributed by atoms with Gasteiger partial charge in [0, 0.05) is 18.6 Å². The van der Waals surface area contributed by atoms with E-state index in [9.17, 15) is 4.79 Å². The number of hydrogen-bond acceptors (Lipinski definition) is 2. The molecule has 1 aliphatic heterocycles. The summed E-state index contributed by atoms with van der Waals surface area (Å²) in [5, 5.41) is 6.30. The van der Waals surface area contributed by atoms with Crippen molar-refractivity contribution in [3.63, 3.8) is 0 Å². The maximum absolute atomic E-state index is 12.1. The van der Waals surface area contributed by atoms with E-state index in [1.54, 1.807) is 0 Å². The minimum absolute atomic E-state index is 0.0395. The van der Waals surface area contributed by atoms with Crippen LogP contribution in [0.2, 0.25) is 0 Å². The monoisotopic (exact) mass is 309 g/mol. The Bertz CT molecular complexity index is 320. The number of piperidine rings is 1. The minimum Gasteiger partial charge on any atom is -0.337 e. The fourth-order valence-corrected chi connectivity index (χ4v) is 3.88. The highest BCUT2D eigenvalue weighted by atomic mass is 16.2. The third-order valence-corrected chi connectivity index (χ3v) is 5.09. The SMILES string of the molecule is CC(C)CC(CNC(=O)NC1CCCCC1)N1CCCCC1. The Hall–Kier alpha value is -0.770. The molecule has 2 N–H and O–H groups in total. The van der Waals surface area contributed by atoms with Crippen LogP contribution >= 0.6 is 0 Å². The van der Waals surface area contributed by atoms with E-state index in [1.165, 1.54) is 58.0 Å². The van der Waals surface area contributed by atoms with Gasteiger partial charge in [-0.3, -0.25) is 4.90 Å². The number of nitrogens with one attached hydrogen (secondary N) is 2. The van der Waals surface area contributed by atoms with E-state index in [2.05, 4.69) is 29.4 Å². The number of urea groups is 1. The first-order valence-corrected chi connectivity index (χ1v) is 9.43. The maximum Gasteiger partial charge on any atom is 0.315 e. The minimum atomic E-state index is 0.0395. The molecule has 0 aromatic heterocycles. The molecule has 2 amide bonds. The molecule has 0 spiro atoms. The van der Waals surface area contributed by atoms with Crippen LogP contribution in [0.5, 0.6) is 0 Å². The summed E-state index contributed by atoms with van der Waals surface area (Å²) in [5.74, 6) is 0.676. The van der Waals surface area contributed by atoms with E-state index in [0.717, 1.165) is 19.4 Å². The molecule has 0 radical (unpaired) electrons. The zero-order valence-corrected chi connectivity index (χ0v) is 14.6. The molecule has 2 fully saturated rings. The van der Waals surface area contributed by atoms with Gasteiger partial charge in [0.05, 0.1) is 0 Å². The zero-order valence-electron chi connectivity index (χ0n) is 14.6. The summed E-state index contributed by atoms with van der Waals surface area (Å²) >= 11 is 0. The summed E-state index contributed by atoms with van der Waals surface area (Å²) in [6.45, 7) is 7.74. The number of carbonyl (C=O) groups is 1. The molecule has 1 saturated heterocycles. The van der Waals surface area contributed by atoms with E-state index in [-0.39, 0.29) is 6.03 Å². The van der Waals surface area contributed by atoms with Crippen molar-refractivity contribution in [2.45, 2.75) is 83.7 Å². The lowest BCUT2D eigenvalue weighted by molar-refractivity contribution is 0.142. The topological polar surface area (TPSA) is 44.4 Å². The number of rotatable bonds is 6. The second-order valence-corrected chi connectivity index (χ2v) is 7.57. The molecule has 22 heavy (non-hydrogen) atoms. The molecule has 1 heterocycles. The molecule has 2 aliphatic rings. The number of hydrogen-bond donors (Lipinski definition) is 2. The van der Waals surface area contributed by atoms with Crippen molar-refractivity contribution >= 4 is 6.03 Å². The van der Waals surface area contributed by atoms with Gasteiger partial charge in [0.25, 0.3) is 0 Å². The van der Waals surface area contributed by atoms with E-state index < -0.39 is 0 Å². The van der Waals surface area contributed by atoms with Gasteiger partial charge in [0.2, 0.25) is 0 Å². The molecule has 1 saturated carbocycles. The van der Waals surface area contributed by atoms with Gasteiger partial charge in [-0.1, -0.05) is 39.5 Å². The molecule has 0 aromatic rings. The molecule has 0 bridgehead atoms. The molecule has 1 aliphatic carbocycles. The van der Waals surface area contributed by atoms with Gasteiger partial charge in [0.15, 0.2) is 0 Å². The summed E-state index contributed by atoms with van der Waals surface area (Å²) in [5.41, 5.74) is 0. The van der Waals surface area contributed by atoms with E-state index in [4.69, 9.17) is 0 Å². The Balaban J connectivity index is 1.75. The van der Waals surface area contributed by atoms with Crippen LogP contribution in [0.25, 0.3) is 0 Å². The fourth-order valence-electron chi connectivity index (χ4n) is 3.88. The van der Waals surface area contributed by atoms with Crippen LogP contribution in [0, 0.1) is 5.92 Å². The lowest BCUT2D eigenvalue weighted by Gasteiger charge is -2.35. The highest BCUT2D eigenvalue weighted by Crippen LogP contribution is 2.18. The first-order valence-electron chi connectivity index (χ1n) is 9.43. The second-order valence-electron chi connectivity index (χ2n) is 7.57. The van der Waals surface area contributed by atoms with Crippen molar-refractivity contribution in [1.29, 1.82) is 0 Å². The fraction of sp³-hybridized carbons (Fsp3) is 0.944. The average molecular weight is 309 g/mol. The molecule has 1 unspecified atom stereocenters. The first kappa shape index (κ1) is 17.6. The first-order chi connectivity index (χ1) is 10.6. The van der Waals surface area contributed by atoms with Crippen LogP contribution in [0.15, 0.2) is 0 Å². The maximum atomic E-state index is 12.1. The molecule has 4 heteroatoms. The van der Waals surface area contributed by atoms with Crippen molar-refractivity contribution in [3.05, 3.63) is 0 Å². The Morgan fingerprint density at radius 3 is 2.32 bits per heavy atom. The highest BCUT2D eigenvalue weighted by molar-refractivity contribution is 5.74. The molecular formula is C18H35N3O. The largest absolute Gasteiger partial charge is 0.337 e. The Morgan fingerprint density at radius 2 is 1.68 bits per heavy atom. The number of amides is 2. The standard InChI is InChI=1S/C18H35N3O/c1-15(2)13-17(21-11-7-4-8-12-21)14-19-18(22)20-16-9-5-3-6-10-16/h15-17H,3-14H2,1-2H3,(H2,19,20,22). The molecule has 2 rings (SSSR count). The molecule has 128 valence electrons. The van der Waals surface area contributed by atoms with Crippen molar-refractivity contribution in [1.82, 2.24) is 15.5 Å². The highest BCUT2D eigenvalue weighted by Gasteiger charge is 2.22. The summed E-state index contributed by atoms with van der Waals surface area (Å²) in [6.07, 6.45) is 11.3. The van der Waals surface area contributed by atoms with E-state index in [1.807, 2.05) is 0 Å². The quantitative estimate of drug-likeness (QED) is 0.788. The lowest BCUT2D eigenvalue weighted by Crippen LogP contribution is -2.50. The van der Waals surface area contributed by atoms with Gasteiger partial charge in [-0.25, -0.2) is 4.79 Å². The molecular weight excluding hydrogens is 274 g/mol. The summed E-state index contributed by atoms with van der Waals surface area (Å²) in [7, 11) is 0. The van der Waals surface area contributed by atoms with E-state index in [0.29, 0.717) is 18.0 Å². The normalized spacial score (nSPS) is 22.5. The Kier molecular flexibility index (Phi) is 7.50. The summed E-state index contributed by atoms with van der Waals surface area (Å²) in [6, 6.07) is 0.933. The van der Waals surface area contributed by atoms with Gasteiger partial charge >= 0.3 is 6.03 Å². The molecule has 1 atom stereocenters. The third-order valence-electron chi connectivity index (χ3n) is 5.09. The van der Waals surface area contributed by atoms with Gasteiger partial charge in [0.1, 0.15) is 0 Å². The van der Waals surface area contributed by atoms with Crippen LogP contribution in [-0.4, -0.2) is 42.6 Å². The third kappa shape index (κ3) is 6.15. The number of nitrogens with zero attached hydrogens (tertiary/aromatic N) is 1. The van der Waals surface area contributed by atoms with Crippen LogP contribution in [0.1, 0.15) is 71.6 Å². The summed E-state index contributed by atoms with van der Waals surface area (Å²) in [4.78, 5) is 14.7. The van der Waals surface area contributed by atoms with Crippen molar-refractivity contribution in [2.24, 2.45) is 5.92 Å². The second kappa shape index (κ2) is 9.39.